The Labute approximate surface area is 169 Å². The minimum atomic E-state index is -4.59. The Balaban J connectivity index is 1.37. The van der Waals surface area contributed by atoms with Crippen LogP contribution in [0.5, 0.6) is 0 Å². The van der Waals surface area contributed by atoms with Crippen LogP contribution in [0, 0.1) is 12.3 Å². The molecule has 1 aromatic rings. The molecule has 2 aliphatic heterocycles. The first kappa shape index (κ1) is 21.0. The van der Waals surface area contributed by atoms with E-state index in [1.807, 2.05) is 0 Å². The summed E-state index contributed by atoms with van der Waals surface area (Å²) in [5.41, 5.74) is -1.00. The van der Waals surface area contributed by atoms with Crippen LogP contribution in [0.1, 0.15) is 36.9 Å². The molecule has 10 heteroatoms. The Bertz CT molecular complexity index is 870. The van der Waals surface area contributed by atoms with E-state index >= 15 is 0 Å². The average Bonchev–Trinajstić information content (AvgIpc) is 2.58. The molecule has 4 rings (SSSR count). The van der Waals surface area contributed by atoms with Gasteiger partial charge in [0, 0.05) is 50.0 Å². The molecule has 0 amide bonds. The summed E-state index contributed by atoms with van der Waals surface area (Å²) in [5.74, 6) is 0. The van der Waals surface area contributed by atoms with Crippen LogP contribution in [0.2, 0.25) is 0 Å². The Morgan fingerprint density at radius 3 is 2.38 bits per heavy atom. The third-order valence-corrected chi connectivity index (χ3v) is 8.60. The highest BCUT2D eigenvalue weighted by molar-refractivity contribution is 7.89. The number of hydrogen-bond acceptors (Lipinski definition) is 5. The van der Waals surface area contributed by atoms with Gasteiger partial charge in [-0.2, -0.15) is 17.5 Å². The second kappa shape index (κ2) is 7.18. The fourth-order valence-electron chi connectivity index (χ4n) is 4.86. The molecule has 0 aromatic carbocycles. The van der Waals surface area contributed by atoms with Crippen LogP contribution < -0.4 is 0 Å². The summed E-state index contributed by atoms with van der Waals surface area (Å²) >= 11 is 0. The second-order valence-corrected chi connectivity index (χ2v) is 10.6. The topological polar surface area (TPSA) is 62.7 Å². The average molecular weight is 433 g/mol. The van der Waals surface area contributed by atoms with E-state index in [-0.39, 0.29) is 15.9 Å². The number of hydrogen-bond donors (Lipinski definition) is 0. The van der Waals surface area contributed by atoms with Gasteiger partial charge in [0.25, 0.3) is 0 Å². The SMILES string of the molecule is Cc1cc(C(F)(F)F)ncc1S(=O)(=O)N1CC2(CC(N(C)C3CCOCC3)C2)C1. The molecule has 1 spiro atoms. The van der Waals surface area contributed by atoms with E-state index in [0.717, 1.165) is 51.2 Å². The van der Waals surface area contributed by atoms with Gasteiger partial charge in [-0.15, -0.1) is 0 Å². The number of ether oxygens (including phenoxy) is 1. The van der Waals surface area contributed by atoms with Gasteiger partial charge in [0.15, 0.2) is 0 Å². The van der Waals surface area contributed by atoms with Gasteiger partial charge in [-0.25, -0.2) is 8.42 Å². The van der Waals surface area contributed by atoms with Crippen LogP contribution in [-0.2, 0) is 20.9 Å². The van der Waals surface area contributed by atoms with Crippen LogP contribution in [0.4, 0.5) is 13.2 Å². The quantitative estimate of drug-likeness (QED) is 0.731. The van der Waals surface area contributed by atoms with Gasteiger partial charge >= 0.3 is 6.18 Å². The lowest BCUT2D eigenvalue weighted by Gasteiger charge is -2.60. The molecule has 2 saturated heterocycles. The van der Waals surface area contributed by atoms with Crippen molar-refractivity contribution >= 4 is 10.0 Å². The smallest absolute Gasteiger partial charge is 0.381 e. The van der Waals surface area contributed by atoms with Gasteiger partial charge < -0.3 is 9.64 Å². The first-order valence-electron chi connectivity index (χ1n) is 9.86. The first-order valence-corrected chi connectivity index (χ1v) is 11.3. The van der Waals surface area contributed by atoms with E-state index in [2.05, 4.69) is 16.9 Å². The summed E-state index contributed by atoms with van der Waals surface area (Å²) in [7, 11) is -1.69. The Morgan fingerprint density at radius 2 is 1.83 bits per heavy atom. The van der Waals surface area contributed by atoms with Crippen molar-refractivity contribution in [2.24, 2.45) is 5.41 Å². The van der Waals surface area contributed by atoms with Crippen molar-refractivity contribution in [3.63, 3.8) is 0 Å². The number of sulfonamides is 1. The van der Waals surface area contributed by atoms with E-state index < -0.39 is 21.9 Å². The normalized spacial score (nSPS) is 23.9. The minimum absolute atomic E-state index is 0.00437. The molecule has 0 radical (unpaired) electrons. The Morgan fingerprint density at radius 1 is 1.21 bits per heavy atom. The molecule has 1 saturated carbocycles. The number of aromatic nitrogens is 1. The third kappa shape index (κ3) is 3.80. The van der Waals surface area contributed by atoms with Crippen molar-refractivity contribution in [2.45, 2.75) is 55.8 Å². The van der Waals surface area contributed by atoms with Gasteiger partial charge in [-0.3, -0.25) is 4.98 Å². The minimum Gasteiger partial charge on any atom is -0.381 e. The molecule has 0 N–H and O–H groups in total. The number of aryl methyl sites for hydroxylation is 1. The lowest BCUT2D eigenvalue weighted by molar-refractivity contribution is -0.141. The molecule has 0 bridgehead atoms. The largest absolute Gasteiger partial charge is 0.433 e. The number of halogens is 3. The second-order valence-electron chi connectivity index (χ2n) is 8.68. The molecule has 162 valence electrons. The van der Waals surface area contributed by atoms with Crippen molar-refractivity contribution in [1.82, 2.24) is 14.2 Å². The summed E-state index contributed by atoms with van der Waals surface area (Å²) in [6.07, 6.45) is 0.210. The highest BCUT2D eigenvalue weighted by atomic mass is 32.2. The van der Waals surface area contributed by atoms with Gasteiger partial charge in [0.2, 0.25) is 10.0 Å². The van der Waals surface area contributed by atoms with E-state index in [9.17, 15) is 21.6 Å². The zero-order chi connectivity index (χ0) is 21.0. The van der Waals surface area contributed by atoms with Crippen LogP contribution in [0.3, 0.4) is 0 Å². The lowest BCUT2D eigenvalue weighted by atomic mass is 9.61. The zero-order valence-electron chi connectivity index (χ0n) is 16.6. The van der Waals surface area contributed by atoms with Gasteiger partial charge in [0.05, 0.1) is 0 Å². The fourth-order valence-corrected chi connectivity index (χ4v) is 6.67. The lowest BCUT2D eigenvalue weighted by Crippen LogP contribution is -2.67. The molecule has 0 atom stereocenters. The Kier molecular flexibility index (Phi) is 5.20. The molecule has 3 heterocycles. The Hall–Kier alpha value is -1.23. The third-order valence-electron chi connectivity index (χ3n) is 6.67. The molecule has 3 fully saturated rings. The van der Waals surface area contributed by atoms with E-state index in [0.29, 0.717) is 25.2 Å². The summed E-state index contributed by atoms with van der Waals surface area (Å²) < 4.78 is 70.9. The number of pyridine rings is 1. The predicted molar refractivity (Wildman–Crippen MR) is 99.8 cm³/mol. The van der Waals surface area contributed by atoms with Crippen molar-refractivity contribution in [3.05, 3.63) is 23.5 Å². The zero-order valence-corrected chi connectivity index (χ0v) is 17.4. The number of rotatable bonds is 4. The van der Waals surface area contributed by atoms with Crippen molar-refractivity contribution < 1.29 is 26.3 Å². The summed E-state index contributed by atoms with van der Waals surface area (Å²) in [6.45, 7) is 3.81. The maximum atomic E-state index is 12.9. The monoisotopic (exact) mass is 433 g/mol. The summed E-state index contributed by atoms with van der Waals surface area (Å²) in [6, 6.07) is 1.77. The predicted octanol–water partition coefficient (Wildman–Crippen LogP) is 2.67. The maximum Gasteiger partial charge on any atom is 0.433 e. The van der Waals surface area contributed by atoms with Gasteiger partial charge in [-0.05, 0) is 51.3 Å². The number of nitrogens with zero attached hydrogens (tertiary/aromatic N) is 3. The van der Waals surface area contributed by atoms with Crippen molar-refractivity contribution in [3.8, 4) is 0 Å². The van der Waals surface area contributed by atoms with Gasteiger partial charge in [0.1, 0.15) is 10.6 Å². The summed E-state index contributed by atoms with van der Waals surface area (Å²) in [5, 5.41) is 0. The highest BCUT2D eigenvalue weighted by Gasteiger charge is 2.57. The van der Waals surface area contributed by atoms with Crippen LogP contribution >= 0.6 is 0 Å². The van der Waals surface area contributed by atoms with Crippen molar-refractivity contribution in [1.29, 1.82) is 0 Å². The standard InChI is InChI=1S/C19H26F3N3O3S/c1-13-7-17(19(20,21)22)23-10-16(13)29(26,27)25-11-18(12-25)8-15(9-18)24(2)14-3-5-28-6-4-14/h7,10,14-15H,3-6,8-9,11-12H2,1-2H3. The maximum absolute atomic E-state index is 12.9. The van der Waals surface area contributed by atoms with Crippen LogP contribution in [-0.4, -0.2) is 68.0 Å². The first-order chi connectivity index (χ1) is 13.5. The van der Waals surface area contributed by atoms with Gasteiger partial charge in [-0.1, -0.05) is 0 Å². The van der Waals surface area contributed by atoms with E-state index in [1.165, 1.54) is 11.2 Å². The molecule has 1 aromatic heterocycles. The number of alkyl halides is 3. The van der Waals surface area contributed by atoms with E-state index in [1.54, 1.807) is 0 Å². The molecule has 6 nitrogen and oxygen atoms in total. The molecular weight excluding hydrogens is 407 g/mol. The van der Waals surface area contributed by atoms with E-state index in [4.69, 9.17) is 4.74 Å². The molecule has 1 aliphatic carbocycles. The highest BCUT2D eigenvalue weighted by Crippen LogP contribution is 2.52. The molecule has 0 unspecified atom stereocenters. The molecule has 3 aliphatic rings. The molecular formula is C19H26F3N3O3S. The van der Waals surface area contributed by atoms with Crippen LogP contribution in [0.15, 0.2) is 17.2 Å². The van der Waals surface area contributed by atoms with Crippen molar-refractivity contribution in [2.75, 3.05) is 33.4 Å². The molecule has 29 heavy (non-hydrogen) atoms. The fraction of sp³-hybridized carbons (Fsp3) is 0.737. The summed E-state index contributed by atoms with van der Waals surface area (Å²) in [4.78, 5) is 5.60. The van der Waals surface area contributed by atoms with Crippen LogP contribution in [0.25, 0.3) is 0 Å².